The lowest BCUT2D eigenvalue weighted by atomic mass is 10.0. The highest BCUT2D eigenvalue weighted by molar-refractivity contribution is 6.00. The van der Waals surface area contributed by atoms with Gasteiger partial charge in [-0.2, -0.15) is 0 Å². The molecule has 0 N–H and O–H groups in total. The maximum Gasteiger partial charge on any atom is 0.347 e. The Morgan fingerprint density at radius 3 is 1.35 bits per heavy atom. The van der Waals surface area contributed by atoms with Crippen molar-refractivity contribution >= 4 is 23.9 Å². The van der Waals surface area contributed by atoms with Crippen molar-refractivity contribution in [2.75, 3.05) is 13.2 Å². The number of allylic oxidation sites excluding steroid dienone is 2. The van der Waals surface area contributed by atoms with Gasteiger partial charge in [-0.3, -0.25) is 4.79 Å². The Balaban J connectivity index is 1.25. The largest absolute Gasteiger partial charge is 0.493 e. The van der Waals surface area contributed by atoms with Crippen LogP contribution in [-0.2, 0) is 9.59 Å². The SMILES string of the molecule is CCCCOc1ccccc1C(=O)Oc1ccccc1OC(=O)C1=CC=CC1C(=O)Oc1ccccc1OC(=O)c1ccccc1OCCCC. The summed E-state index contributed by atoms with van der Waals surface area (Å²) in [6, 6.07) is 25.9. The van der Waals surface area contributed by atoms with Gasteiger partial charge in [0.1, 0.15) is 28.5 Å². The first kappa shape index (κ1) is 36.1. The average Bonchev–Trinajstić information content (AvgIpc) is 3.65. The van der Waals surface area contributed by atoms with E-state index >= 15 is 0 Å². The van der Waals surface area contributed by atoms with Crippen LogP contribution in [0.4, 0.5) is 0 Å². The van der Waals surface area contributed by atoms with Crippen LogP contribution in [0.3, 0.4) is 0 Å². The fourth-order valence-corrected chi connectivity index (χ4v) is 4.93. The molecule has 10 heteroatoms. The summed E-state index contributed by atoms with van der Waals surface area (Å²) in [5.74, 6) is -3.47. The minimum absolute atomic E-state index is 0.00188. The van der Waals surface area contributed by atoms with Crippen molar-refractivity contribution in [3.05, 3.63) is 132 Å². The summed E-state index contributed by atoms with van der Waals surface area (Å²) in [5, 5.41) is 0. The molecule has 0 aliphatic heterocycles. The van der Waals surface area contributed by atoms with Crippen LogP contribution in [0.15, 0.2) is 121 Å². The molecule has 1 aliphatic rings. The van der Waals surface area contributed by atoms with Crippen LogP contribution < -0.4 is 28.4 Å². The van der Waals surface area contributed by atoms with E-state index in [1.54, 1.807) is 72.8 Å². The molecule has 0 amide bonds. The molecule has 1 atom stereocenters. The van der Waals surface area contributed by atoms with Crippen molar-refractivity contribution in [3.8, 4) is 34.5 Å². The molecule has 0 saturated carbocycles. The fraction of sp³-hybridized carbons (Fsp3) is 0.220. The van der Waals surface area contributed by atoms with Crippen LogP contribution in [-0.4, -0.2) is 37.1 Å². The van der Waals surface area contributed by atoms with Gasteiger partial charge in [0, 0.05) is 0 Å². The van der Waals surface area contributed by atoms with E-state index in [1.807, 2.05) is 13.8 Å². The normalized spacial score (nSPS) is 13.1. The molecular formula is C41H38O10. The van der Waals surface area contributed by atoms with E-state index in [-0.39, 0.29) is 39.7 Å². The third kappa shape index (κ3) is 9.51. The third-order valence-electron chi connectivity index (χ3n) is 7.65. The zero-order valence-electron chi connectivity index (χ0n) is 28.4. The Bertz CT molecular complexity index is 1930. The predicted molar refractivity (Wildman–Crippen MR) is 188 cm³/mol. The Hall–Kier alpha value is -6.16. The van der Waals surface area contributed by atoms with Gasteiger partial charge in [-0.15, -0.1) is 0 Å². The summed E-state index contributed by atoms with van der Waals surface area (Å²) in [5.41, 5.74) is 0.427. The molecule has 0 radical (unpaired) electrons. The number of hydrogen-bond acceptors (Lipinski definition) is 10. The van der Waals surface area contributed by atoms with Crippen LogP contribution in [0, 0.1) is 5.92 Å². The number of rotatable bonds is 16. The summed E-state index contributed by atoms with van der Waals surface area (Å²) in [7, 11) is 0. The number of benzene rings is 4. The van der Waals surface area contributed by atoms with E-state index < -0.39 is 29.8 Å². The highest BCUT2D eigenvalue weighted by Gasteiger charge is 2.32. The van der Waals surface area contributed by atoms with E-state index in [4.69, 9.17) is 28.4 Å². The first-order chi connectivity index (χ1) is 24.9. The van der Waals surface area contributed by atoms with Crippen molar-refractivity contribution in [2.24, 2.45) is 5.92 Å². The zero-order valence-corrected chi connectivity index (χ0v) is 28.4. The number of esters is 4. The number of unbranched alkanes of at least 4 members (excludes halogenated alkanes) is 2. The van der Waals surface area contributed by atoms with Gasteiger partial charge in [0.2, 0.25) is 0 Å². The number of ether oxygens (including phenoxy) is 6. The van der Waals surface area contributed by atoms with E-state index in [0.29, 0.717) is 24.7 Å². The second-order valence-corrected chi connectivity index (χ2v) is 11.4. The summed E-state index contributed by atoms with van der Waals surface area (Å²) in [6.45, 7) is 4.97. The summed E-state index contributed by atoms with van der Waals surface area (Å²) >= 11 is 0. The Morgan fingerprint density at radius 1 is 0.510 bits per heavy atom. The van der Waals surface area contributed by atoms with Gasteiger partial charge < -0.3 is 28.4 Å². The maximum absolute atomic E-state index is 13.4. The van der Waals surface area contributed by atoms with Gasteiger partial charge in [-0.1, -0.05) is 93.4 Å². The maximum atomic E-state index is 13.4. The fourth-order valence-electron chi connectivity index (χ4n) is 4.93. The molecule has 0 fully saturated rings. The highest BCUT2D eigenvalue weighted by Crippen LogP contribution is 2.33. The van der Waals surface area contributed by atoms with Gasteiger partial charge in [0.05, 0.1) is 18.8 Å². The van der Waals surface area contributed by atoms with E-state index in [0.717, 1.165) is 25.7 Å². The van der Waals surface area contributed by atoms with Crippen molar-refractivity contribution in [2.45, 2.75) is 39.5 Å². The summed E-state index contributed by atoms with van der Waals surface area (Å²) in [4.78, 5) is 53.1. The third-order valence-corrected chi connectivity index (χ3v) is 7.65. The molecule has 5 rings (SSSR count). The van der Waals surface area contributed by atoms with Crippen molar-refractivity contribution in [1.29, 1.82) is 0 Å². The molecule has 0 spiro atoms. The molecule has 0 bridgehead atoms. The lowest BCUT2D eigenvalue weighted by Crippen LogP contribution is -2.26. The van der Waals surface area contributed by atoms with E-state index in [1.165, 1.54) is 42.5 Å². The Kier molecular flexibility index (Phi) is 12.8. The number of para-hydroxylation sites is 6. The lowest BCUT2D eigenvalue weighted by molar-refractivity contribution is -0.139. The van der Waals surface area contributed by atoms with Gasteiger partial charge in [0.15, 0.2) is 23.0 Å². The topological polar surface area (TPSA) is 124 Å². The van der Waals surface area contributed by atoms with E-state index in [9.17, 15) is 19.2 Å². The van der Waals surface area contributed by atoms with Gasteiger partial charge in [-0.05, 0) is 61.4 Å². The van der Waals surface area contributed by atoms with Crippen molar-refractivity contribution < 1.29 is 47.6 Å². The van der Waals surface area contributed by atoms with Crippen LogP contribution in [0.1, 0.15) is 60.2 Å². The van der Waals surface area contributed by atoms with Gasteiger partial charge in [0.25, 0.3) is 0 Å². The number of carbonyl (C=O) groups is 4. The molecule has 0 aromatic heterocycles. The Morgan fingerprint density at radius 2 is 0.902 bits per heavy atom. The van der Waals surface area contributed by atoms with Gasteiger partial charge >= 0.3 is 23.9 Å². The molecule has 10 nitrogen and oxygen atoms in total. The zero-order chi connectivity index (χ0) is 36.0. The number of hydrogen-bond donors (Lipinski definition) is 0. The van der Waals surface area contributed by atoms with Crippen LogP contribution in [0.5, 0.6) is 34.5 Å². The Labute approximate surface area is 296 Å². The molecule has 0 saturated heterocycles. The minimum Gasteiger partial charge on any atom is -0.493 e. The van der Waals surface area contributed by atoms with Crippen LogP contribution in [0.2, 0.25) is 0 Å². The van der Waals surface area contributed by atoms with Gasteiger partial charge in [-0.25, -0.2) is 14.4 Å². The molecule has 4 aromatic rings. The standard InChI is InChI=1S/C41H38O10/c1-3-5-26-46-32-20-9-7-16-30(32)40(44)50-36-24-13-11-22-34(36)48-38(42)28-18-15-19-29(28)39(43)49-35-23-12-14-25-37(35)51-41(45)31-17-8-10-21-33(31)47-27-6-4-2/h7-25,28H,3-6,26-27H2,1-2H3. The molecule has 0 heterocycles. The summed E-state index contributed by atoms with van der Waals surface area (Å²) in [6.07, 6.45) is 7.98. The monoisotopic (exact) mass is 690 g/mol. The van der Waals surface area contributed by atoms with Crippen molar-refractivity contribution in [3.63, 3.8) is 0 Å². The molecule has 1 aliphatic carbocycles. The molecule has 51 heavy (non-hydrogen) atoms. The minimum atomic E-state index is -1.13. The van der Waals surface area contributed by atoms with E-state index in [2.05, 4.69) is 0 Å². The molecular weight excluding hydrogens is 652 g/mol. The molecule has 1 unspecified atom stereocenters. The second-order valence-electron chi connectivity index (χ2n) is 11.4. The molecule has 262 valence electrons. The smallest absolute Gasteiger partial charge is 0.347 e. The number of carbonyl (C=O) groups excluding carboxylic acids is 4. The van der Waals surface area contributed by atoms with Crippen LogP contribution >= 0.6 is 0 Å². The first-order valence-corrected chi connectivity index (χ1v) is 16.8. The average molecular weight is 691 g/mol. The molecule has 4 aromatic carbocycles. The predicted octanol–water partition coefficient (Wildman–Crippen LogP) is 8.11. The first-order valence-electron chi connectivity index (χ1n) is 16.8. The quantitative estimate of drug-likeness (QED) is 0.0647. The second kappa shape index (κ2) is 18.0. The highest BCUT2D eigenvalue weighted by atomic mass is 16.6. The van der Waals surface area contributed by atoms with Crippen molar-refractivity contribution in [1.82, 2.24) is 0 Å². The summed E-state index contributed by atoms with van der Waals surface area (Å²) < 4.78 is 34.1. The van der Waals surface area contributed by atoms with Crippen LogP contribution in [0.25, 0.3) is 0 Å². The lowest BCUT2D eigenvalue weighted by Gasteiger charge is -2.16.